The van der Waals surface area contributed by atoms with Crippen molar-refractivity contribution in [2.45, 2.75) is 25.8 Å². The van der Waals surface area contributed by atoms with E-state index in [0.717, 1.165) is 0 Å². The third-order valence-electron chi connectivity index (χ3n) is 2.14. The largest absolute Gasteiger partial charge is 0.481 e. The van der Waals surface area contributed by atoms with Crippen LogP contribution in [-0.2, 0) is 9.59 Å². The van der Waals surface area contributed by atoms with Gasteiger partial charge in [-0.25, -0.2) is 0 Å². The molecular formula is C9H13NO3. The molecule has 13 heavy (non-hydrogen) atoms. The van der Waals surface area contributed by atoms with Crippen molar-refractivity contribution in [2.75, 3.05) is 0 Å². The van der Waals surface area contributed by atoms with Gasteiger partial charge in [-0.3, -0.25) is 9.59 Å². The van der Waals surface area contributed by atoms with E-state index in [4.69, 9.17) is 5.11 Å². The van der Waals surface area contributed by atoms with Crippen molar-refractivity contribution < 1.29 is 14.7 Å². The van der Waals surface area contributed by atoms with Crippen molar-refractivity contribution in [1.29, 1.82) is 0 Å². The fraction of sp³-hybridized carbons (Fsp3) is 0.556. The summed E-state index contributed by atoms with van der Waals surface area (Å²) < 4.78 is 0. The van der Waals surface area contributed by atoms with Crippen LogP contribution in [-0.4, -0.2) is 23.0 Å². The molecule has 72 valence electrons. The smallest absolute Gasteiger partial charge is 0.308 e. The van der Waals surface area contributed by atoms with E-state index in [-0.39, 0.29) is 11.9 Å². The third kappa shape index (κ3) is 2.57. The first-order chi connectivity index (χ1) is 6.11. The molecule has 4 heteroatoms. The van der Waals surface area contributed by atoms with Gasteiger partial charge in [0, 0.05) is 13.0 Å². The van der Waals surface area contributed by atoms with Gasteiger partial charge in [-0.2, -0.15) is 0 Å². The molecule has 0 aromatic carbocycles. The number of nitrogens with one attached hydrogen (secondary N) is 1. The number of hydrogen-bond donors (Lipinski definition) is 2. The highest BCUT2D eigenvalue weighted by Crippen LogP contribution is 2.19. The van der Waals surface area contributed by atoms with Gasteiger partial charge in [-0.1, -0.05) is 12.2 Å². The second-order valence-electron chi connectivity index (χ2n) is 3.19. The molecule has 2 N–H and O–H groups in total. The van der Waals surface area contributed by atoms with Crippen LogP contribution in [0.1, 0.15) is 19.8 Å². The lowest BCUT2D eigenvalue weighted by Crippen LogP contribution is -2.43. The van der Waals surface area contributed by atoms with E-state index in [0.29, 0.717) is 12.8 Å². The van der Waals surface area contributed by atoms with Crippen molar-refractivity contribution >= 4 is 11.9 Å². The van der Waals surface area contributed by atoms with Gasteiger partial charge in [-0.05, 0) is 12.8 Å². The van der Waals surface area contributed by atoms with E-state index in [1.54, 1.807) is 0 Å². The Hall–Kier alpha value is -1.32. The van der Waals surface area contributed by atoms with Gasteiger partial charge < -0.3 is 10.4 Å². The maximum atomic E-state index is 10.8. The summed E-state index contributed by atoms with van der Waals surface area (Å²) in [4.78, 5) is 21.5. The lowest BCUT2D eigenvalue weighted by atomic mass is 9.89. The van der Waals surface area contributed by atoms with Gasteiger partial charge in [0.05, 0.1) is 5.92 Å². The zero-order chi connectivity index (χ0) is 9.84. The molecule has 4 nitrogen and oxygen atoms in total. The van der Waals surface area contributed by atoms with Crippen molar-refractivity contribution in [3.63, 3.8) is 0 Å². The second kappa shape index (κ2) is 4.07. The summed E-state index contributed by atoms with van der Waals surface area (Å²) in [6.45, 7) is 1.40. The summed E-state index contributed by atoms with van der Waals surface area (Å²) >= 11 is 0. The van der Waals surface area contributed by atoms with E-state index in [9.17, 15) is 9.59 Å². The number of carboxylic acid groups (broad SMARTS) is 1. The molecule has 1 amide bonds. The minimum absolute atomic E-state index is 0.174. The number of carbonyl (C=O) groups is 2. The zero-order valence-electron chi connectivity index (χ0n) is 7.49. The Morgan fingerprint density at radius 3 is 2.54 bits per heavy atom. The standard InChI is InChI=1S/C9H13NO3/c1-6(11)10-8-5-3-2-4-7(8)9(12)13/h2-3,7-8H,4-5H2,1H3,(H,10,11)(H,12,13)/t7-,8+/m0/s1. The number of rotatable bonds is 2. The van der Waals surface area contributed by atoms with Crippen LogP contribution in [0.25, 0.3) is 0 Å². The molecular weight excluding hydrogens is 170 g/mol. The summed E-state index contributed by atoms with van der Waals surface area (Å²) in [7, 11) is 0. The first-order valence-electron chi connectivity index (χ1n) is 4.26. The monoisotopic (exact) mass is 183 g/mol. The number of carboxylic acids is 1. The Morgan fingerprint density at radius 2 is 2.00 bits per heavy atom. The van der Waals surface area contributed by atoms with Crippen molar-refractivity contribution in [3.05, 3.63) is 12.2 Å². The van der Waals surface area contributed by atoms with Gasteiger partial charge in [-0.15, -0.1) is 0 Å². The first kappa shape index (κ1) is 9.77. The summed E-state index contributed by atoms with van der Waals surface area (Å²) in [5.41, 5.74) is 0. The van der Waals surface area contributed by atoms with Gasteiger partial charge in [0.2, 0.25) is 5.91 Å². The fourth-order valence-corrected chi connectivity index (χ4v) is 1.51. The Labute approximate surface area is 76.6 Å². The fourth-order valence-electron chi connectivity index (χ4n) is 1.51. The Morgan fingerprint density at radius 1 is 1.38 bits per heavy atom. The Kier molecular flexibility index (Phi) is 3.06. The molecule has 0 aliphatic heterocycles. The molecule has 2 atom stereocenters. The van der Waals surface area contributed by atoms with Crippen LogP contribution in [0, 0.1) is 5.92 Å². The second-order valence-corrected chi connectivity index (χ2v) is 3.19. The normalized spacial score (nSPS) is 26.8. The molecule has 0 fully saturated rings. The Balaban J connectivity index is 2.63. The number of amides is 1. The quantitative estimate of drug-likeness (QED) is 0.614. The molecule has 0 bridgehead atoms. The van der Waals surface area contributed by atoms with E-state index in [2.05, 4.69) is 5.32 Å². The lowest BCUT2D eigenvalue weighted by molar-refractivity contribution is -0.143. The van der Waals surface area contributed by atoms with Gasteiger partial charge in [0.1, 0.15) is 0 Å². The van der Waals surface area contributed by atoms with Gasteiger partial charge >= 0.3 is 5.97 Å². The number of aliphatic carboxylic acids is 1. The highest BCUT2D eigenvalue weighted by atomic mass is 16.4. The van der Waals surface area contributed by atoms with E-state index >= 15 is 0 Å². The van der Waals surface area contributed by atoms with E-state index < -0.39 is 11.9 Å². The summed E-state index contributed by atoms with van der Waals surface area (Å²) in [6, 6.07) is -0.250. The SMILES string of the molecule is CC(=O)N[C@@H]1CC=CC[C@@H]1C(=O)O. The zero-order valence-corrected chi connectivity index (χ0v) is 7.49. The highest BCUT2D eigenvalue weighted by molar-refractivity contribution is 5.76. The van der Waals surface area contributed by atoms with Gasteiger partial charge in [0.15, 0.2) is 0 Å². The minimum Gasteiger partial charge on any atom is -0.481 e. The Bertz CT molecular complexity index is 247. The maximum absolute atomic E-state index is 10.8. The molecule has 0 unspecified atom stereocenters. The van der Waals surface area contributed by atoms with Crippen LogP contribution in [0.5, 0.6) is 0 Å². The number of allylic oxidation sites excluding steroid dienone is 1. The molecule has 1 aliphatic rings. The van der Waals surface area contributed by atoms with Crippen LogP contribution in [0.3, 0.4) is 0 Å². The summed E-state index contributed by atoms with van der Waals surface area (Å²) in [6.07, 6.45) is 4.86. The molecule has 0 saturated heterocycles. The molecule has 1 aliphatic carbocycles. The topological polar surface area (TPSA) is 66.4 Å². The molecule has 0 aromatic rings. The molecule has 0 heterocycles. The lowest BCUT2D eigenvalue weighted by Gasteiger charge is -2.25. The van der Waals surface area contributed by atoms with E-state index in [1.165, 1.54) is 6.92 Å². The maximum Gasteiger partial charge on any atom is 0.308 e. The number of hydrogen-bond acceptors (Lipinski definition) is 2. The van der Waals surface area contributed by atoms with Crippen LogP contribution < -0.4 is 5.32 Å². The molecule has 0 spiro atoms. The molecule has 0 saturated carbocycles. The average Bonchev–Trinajstić information content (AvgIpc) is 2.03. The molecule has 0 aromatic heterocycles. The minimum atomic E-state index is -0.844. The summed E-state index contributed by atoms with van der Waals surface area (Å²) in [5, 5.41) is 11.5. The number of carbonyl (C=O) groups excluding carboxylic acids is 1. The predicted octanol–water partition coefficient (Wildman–Crippen LogP) is 0.542. The molecule has 0 radical (unpaired) electrons. The summed E-state index contributed by atoms with van der Waals surface area (Å²) in [5.74, 6) is -1.50. The van der Waals surface area contributed by atoms with Crippen LogP contribution in [0.4, 0.5) is 0 Å². The van der Waals surface area contributed by atoms with Crippen LogP contribution in [0.2, 0.25) is 0 Å². The average molecular weight is 183 g/mol. The van der Waals surface area contributed by atoms with Crippen molar-refractivity contribution in [1.82, 2.24) is 5.32 Å². The van der Waals surface area contributed by atoms with Crippen LogP contribution in [0.15, 0.2) is 12.2 Å². The molecule has 1 rings (SSSR count). The van der Waals surface area contributed by atoms with Gasteiger partial charge in [0.25, 0.3) is 0 Å². The van der Waals surface area contributed by atoms with Crippen LogP contribution >= 0.6 is 0 Å². The van der Waals surface area contributed by atoms with Crippen molar-refractivity contribution in [3.8, 4) is 0 Å². The van der Waals surface area contributed by atoms with Crippen molar-refractivity contribution in [2.24, 2.45) is 5.92 Å². The van der Waals surface area contributed by atoms with E-state index in [1.807, 2.05) is 12.2 Å². The first-order valence-corrected chi connectivity index (χ1v) is 4.26. The third-order valence-corrected chi connectivity index (χ3v) is 2.14. The highest BCUT2D eigenvalue weighted by Gasteiger charge is 2.28. The predicted molar refractivity (Wildman–Crippen MR) is 47.1 cm³/mol.